The van der Waals surface area contributed by atoms with Gasteiger partial charge in [0.1, 0.15) is 17.1 Å². The van der Waals surface area contributed by atoms with Gasteiger partial charge in [0, 0.05) is 11.8 Å². The Labute approximate surface area is 216 Å². The maximum atomic E-state index is 12.8. The van der Waals surface area contributed by atoms with Crippen LogP contribution in [-0.4, -0.2) is 45.0 Å². The highest BCUT2D eigenvalue weighted by Crippen LogP contribution is 2.41. The summed E-state index contributed by atoms with van der Waals surface area (Å²) in [5.41, 5.74) is 1.25. The summed E-state index contributed by atoms with van der Waals surface area (Å²) in [5, 5.41) is 15.8. The summed E-state index contributed by atoms with van der Waals surface area (Å²) < 4.78 is 2.46. The highest BCUT2D eigenvalue weighted by atomic mass is 32.2. The fourth-order valence-corrected chi connectivity index (χ4v) is 8.14. The predicted octanol–water partition coefficient (Wildman–Crippen LogP) is 3.91. The van der Waals surface area contributed by atoms with Gasteiger partial charge in [-0.1, -0.05) is 42.1 Å². The third-order valence-electron chi connectivity index (χ3n) is 5.49. The number of carboxylic acids is 1. The second kappa shape index (κ2) is 10.0. The van der Waals surface area contributed by atoms with E-state index in [4.69, 9.17) is 0 Å². The first kappa shape index (κ1) is 23.9. The van der Waals surface area contributed by atoms with Crippen LogP contribution in [0.5, 0.6) is 0 Å². The topological polar surface area (TPSA) is 104 Å². The van der Waals surface area contributed by atoms with E-state index < -0.39 is 23.3 Å². The van der Waals surface area contributed by atoms with E-state index in [2.05, 4.69) is 5.32 Å². The molecule has 0 spiro atoms. The van der Waals surface area contributed by atoms with Gasteiger partial charge in [0.15, 0.2) is 5.43 Å². The molecule has 0 saturated carbocycles. The third kappa shape index (κ3) is 4.81. The van der Waals surface area contributed by atoms with Crippen molar-refractivity contribution in [2.75, 3.05) is 5.75 Å². The van der Waals surface area contributed by atoms with Crippen molar-refractivity contribution in [1.29, 1.82) is 0 Å². The fourth-order valence-electron chi connectivity index (χ4n) is 3.89. The molecule has 4 heterocycles. The molecular weight excluding hydrogens is 525 g/mol. The third-order valence-corrected chi connectivity index (χ3v) is 9.89. The molecule has 2 aromatic heterocycles. The number of nitrogens with one attached hydrogen (secondary N) is 1. The number of hydrogen-bond acceptors (Lipinski definition) is 8. The van der Waals surface area contributed by atoms with Crippen molar-refractivity contribution in [3.63, 3.8) is 0 Å². The lowest BCUT2D eigenvalue weighted by Crippen LogP contribution is -2.70. The minimum atomic E-state index is -1.19. The molecule has 2 N–H and O–H groups in total. The zero-order valence-corrected chi connectivity index (χ0v) is 21.3. The van der Waals surface area contributed by atoms with Gasteiger partial charge in [-0.25, -0.2) is 4.79 Å². The van der Waals surface area contributed by atoms with Crippen molar-refractivity contribution >= 4 is 73.4 Å². The number of carbonyl (C=O) groups is 3. The highest BCUT2D eigenvalue weighted by Gasteiger charge is 2.53. The average molecular weight is 543 g/mol. The first-order valence-electron chi connectivity index (χ1n) is 10.5. The van der Waals surface area contributed by atoms with Gasteiger partial charge in [-0.05, 0) is 34.1 Å². The summed E-state index contributed by atoms with van der Waals surface area (Å²) in [6.07, 6.45) is 1.83. The molecular formula is C24H18N2O5S4. The van der Waals surface area contributed by atoms with Crippen LogP contribution in [0.15, 0.2) is 79.6 Å². The summed E-state index contributed by atoms with van der Waals surface area (Å²) in [4.78, 5) is 50.7. The fraction of sp³-hybridized carbons (Fsp3) is 0.167. The van der Waals surface area contributed by atoms with Crippen molar-refractivity contribution in [3.05, 3.63) is 86.4 Å². The average Bonchev–Trinajstić information content (AvgIpc) is 3.32. The number of hydrogen-bond donors (Lipinski definition) is 2. The number of carboxylic acid groups (broad SMARTS) is 1. The lowest BCUT2D eigenvalue weighted by atomic mass is 10.0. The summed E-state index contributed by atoms with van der Waals surface area (Å²) >= 11 is 5.67. The van der Waals surface area contributed by atoms with Crippen LogP contribution in [0.1, 0.15) is 5.56 Å². The molecule has 5 rings (SSSR count). The van der Waals surface area contributed by atoms with Crippen molar-refractivity contribution < 1.29 is 19.5 Å². The summed E-state index contributed by atoms with van der Waals surface area (Å²) in [7, 11) is 0. The van der Waals surface area contributed by atoms with Gasteiger partial charge in [0.25, 0.3) is 5.91 Å². The van der Waals surface area contributed by atoms with Gasteiger partial charge in [-0.3, -0.25) is 19.3 Å². The van der Waals surface area contributed by atoms with E-state index in [9.17, 15) is 24.3 Å². The number of allylic oxidation sites excluding steroid dienone is 1. The number of thioether (sulfide) groups is 2. The van der Waals surface area contributed by atoms with E-state index in [-0.39, 0.29) is 23.5 Å². The smallest absolute Gasteiger partial charge is 0.352 e. The Kier molecular flexibility index (Phi) is 6.83. The Hall–Kier alpha value is -2.86. The standard InChI is InChI=1S/C24H18N2O5S4/c27-15-11-18(35-16-7-9-33-21(15)16)32-8-6-14-12-34-23-19(22(29)26(23)20(14)24(30)31)25-17(28)10-13-4-2-1-3-5-13/h1-9,11,19,23H,10,12H2,(H,25,28)(H,30,31)/t19?,23-/m1/s1. The number of benzene rings is 1. The summed E-state index contributed by atoms with van der Waals surface area (Å²) in [6, 6.07) is 12.0. The number of amides is 2. The van der Waals surface area contributed by atoms with Gasteiger partial charge in [0.05, 0.1) is 20.0 Å². The van der Waals surface area contributed by atoms with E-state index in [0.717, 1.165) is 19.2 Å². The molecule has 1 aromatic carbocycles. The second-order valence-corrected chi connectivity index (χ2v) is 12.1. The van der Waals surface area contributed by atoms with Gasteiger partial charge >= 0.3 is 5.97 Å². The van der Waals surface area contributed by atoms with E-state index in [1.54, 1.807) is 17.6 Å². The van der Waals surface area contributed by atoms with Crippen molar-refractivity contribution in [2.45, 2.75) is 22.0 Å². The number of fused-ring (bicyclic) bond motifs is 2. The molecule has 1 fully saturated rings. The first-order valence-corrected chi connectivity index (χ1v) is 14.1. The van der Waals surface area contributed by atoms with Crippen LogP contribution in [0.25, 0.3) is 9.40 Å². The Balaban J connectivity index is 1.28. The normalized spacial score (nSPS) is 19.7. The van der Waals surface area contributed by atoms with E-state index in [1.165, 1.54) is 51.1 Å². The number of aliphatic carboxylic acids is 1. The van der Waals surface area contributed by atoms with E-state index >= 15 is 0 Å². The first-order chi connectivity index (χ1) is 16.9. The van der Waals surface area contributed by atoms with Gasteiger partial charge < -0.3 is 10.4 Å². The SMILES string of the molecule is O=C(Cc1ccccc1)NC1C(=O)N2C(C(=O)O)=C(C=CSc3cc(=O)c4sccc4s3)CS[C@H]12. The van der Waals surface area contributed by atoms with Crippen LogP contribution in [-0.2, 0) is 20.8 Å². The zero-order valence-electron chi connectivity index (χ0n) is 18.0. The number of β-lactam (4-membered cyclic amide) rings is 1. The number of rotatable bonds is 7. The molecule has 0 bridgehead atoms. The van der Waals surface area contributed by atoms with Crippen LogP contribution in [0.4, 0.5) is 0 Å². The molecule has 0 radical (unpaired) electrons. The molecule has 0 aliphatic carbocycles. The Bertz CT molecular complexity index is 1440. The monoisotopic (exact) mass is 542 g/mol. The predicted molar refractivity (Wildman–Crippen MR) is 141 cm³/mol. The number of thiophene rings is 1. The minimum absolute atomic E-state index is 0.0299. The molecule has 178 valence electrons. The molecule has 7 nitrogen and oxygen atoms in total. The van der Waals surface area contributed by atoms with Crippen LogP contribution >= 0.6 is 46.2 Å². The Morgan fingerprint density at radius 1 is 1.20 bits per heavy atom. The zero-order chi connectivity index (χ0) is 24.5. The largest absolute Gasteiger partial charge is 0.477 e. The maximum Gasteiger partial charge on any atom is 0.352 e. The molecule has 1 saturated heterocycles. The quantitative estimate of drug-likeness (QED) is 0.345. The maximum absolute atomic E-state index is 12.8. The number of nitrogens with zero attached hydrogens (tertiary/aromatic N) is 1. The van der Waals surface area contributed by atoms with Gasteiger partial charge in [-0.2, -0.15) is 0 Å². The Morgan fingerprint density at radius 2 is 2.00 bits per heavy atom. The number of carbonyl (C=O) groups excluding carboxylic acids is 2. The van der Waals surface area contributed by atoms with Crippen molar-refractivity contribution in [2.24, 2.45) is 0 Å². The molecule has 1 unspecified atom stereocenters. The van der Waals surface area contributed by atoms with Crippen LogP contribution in [0.3, 0.4) is 0 Å². The molecule has 3 aromatic rings. The van der Waals surface area contributed by atoms with Crippen LogP contribution in [0, 0.1) is 0 Å². The molecule has 2 atom stereocenters. The van der Waals surface area contributed by atoms with Gasteiger partial charge in [-0.15, -0.1) is 34.4 Å². The minimum Gasteiger partial charge on any atom is -0.477 e. The molecule has 11 heteroatoms. The van der Waals surface area contributed by atoms with Crippen LogP contribution in [0.2, 0.25) is 0 Å². The molecule has 2 amide bonds. The van der Waals surface area contributed by atoms with Gasteiger partial charge in [0.2, 0.25) is 5.91 Å². The van der Waals surface area contributed by atoms with E-state index in [1.807, 2.05) is 41.8 Å². The molecule has 2 aliphatic heterocycles. The molecule has 35 heavy (non-hydrogen) atoms. The molecule has 2 aliphatic rings. The lowest BCUT2D eigenvalue weighted by Gasteiger charge is -2.49. The summed E-state index contributed by atoms with van der Waals surface area (Å²) in [5.74, 6) is -1.51. The Morgan fingerprint density at radius 3 is 2.77 bits per heavy atom. The second-order valence-electron chi connectivity index (χ2n) is 7.76. The highest BCUT2D eigenvalue weighted by molar-refractivity contribution is 8.04. The lowest BCUT2D eigenvalue weighted by molar-refractivity contribution is -0.150. The van der Waals surface area contributed by atoms with Crippen molar-refractivity contribution in [3.8, 4) is 0 Å². The van der Waals surface area contributed by atoms with Crippen molar-refractivity contribution in [1.82, 2.24) is 10.2 Å². The van der Waals surface area contributed by atoms with Crippen LogP contribution < -0.4 is 10.7 Å². The summed E-state index contributed by atoms with van der Waals surface area (Å²) in [6.45, 7) is 0. The van der Waals surface area contributed by atoms with E-state index in [0.29, 0.717) is 11.3 Å².